The van der Waals surface area contributed by atoms with E-state index in [1.807, 2.05) is 20.8 Å². The molecular formula is C16H21N6O2+. The molecule has 1 saturated carbocycles. The van der Waals surface area contributed by atoms with Gasteiger partial charge in [0.15, 0.2) is 5.69 Å². The van der Waals surface area contributed by atoms with Gasteiger partial charge in [-0.1, -0.05) is 0 Å². The maximum absolute atomic E-state index is 12.6. The largest absolute Gasteiger partial charge is 0.336 e. The van der Waals surface area contributed by atoms with Gasteiger partial charge in [0.1, 0.15) is 0 Å². The fourth-order valence-corrected chi connectivity index (χ4v) is 3.30. The van der Waals surface area contributed by atoms with Crippen molar-refractivity contribution < 1.29 is 9.22 Å². The topological polar surface area (TPSA) is 97.7 Å². The van der Waals surface area contributed by atoms with Gasteiger partial charge in [0.05, 0.1) is 16.3 Å². The molecule has 0 aliphatic heterocycles. The van der Waals surface area contributed by atoms with Gasteiger partial charge in [0.2, 0.25) is 12.0 Å². The van der Waals surface area contributed by atoms with Crippen molar-refractivity contribution in [3.05, 3.63) is 40.4 Å². The average molecular weight is 329 g/mol. The number of amides is 1. The molecule has 2 aliphatic carbocycles. The van der Waals surface area contributed by atoms with Gasteiger partial charge < -0.3 is 4.98 Å². The summed E-state index contributed by atoms with van der Waals surface area (Å²) in [6.07, 6.45) is 6.38. The molecule has 2 heterocycles. The van der Waals surface area contributed by atoms with Gasteiger partial charge in [-0.3, -0.25) is 10.2 Å². The summed E-state index contributed by atoms with van der Waals surface area (Å²) in [5.74, 6) is 1.37. The van der Waals surface area contributed by atoms with Gasteiger partial charge in [0, 0.05) is 21.9 Å². The first kappa shape index (κ1) is 15.1. The average Bonchev–Trinajstić information content (AvgIpc) is 3.01. The zero-order chi connectivity index (χ0) is 17.1. The van der Waals surface area contributed by atoms with E-state index >= 15 is 0 Å². The highest BCUT2D eigenvalue weighted by Gasteiger charge is 2.50. The molecule has 2 aliphatic rings. The Kier molecular flexibility index (Phi) is 3.14. The molecule has 4 rings (SSSR count). The Morgan fingerprint density at radius 3 is 2.96 bits per heavy atom. The van der Waals surface area contributed by atoms with Crippen molar-refractivity contribution in [2.45, 2.75) is 45.1 Å². The molecule has 1 fully saturated rings. The molecule has 0 aromatic carbocycles. The quantitative estimate of drug-likeness (QED) is 0.573. The lowest BCUT2D eigenvalue weighted by atomic mass is 10.1. The number of carbonyl (C=O) groups is 1. The SMILES string of the molecule is CC(C)(C)NNC(=O)c1nn(-c2c[n+](=O)cc[nH]2)c2c1C[C@@H]1C[C@H]21. The smallest absolute Gasteiger partial charge is 0.286 e. The van der Waals surface area contributed by atoms with E-state index in [1.165, 1.54) is 12.4 Å². The molecule has 0 bridgehead atoms. The van der Waals surface area contributed by atoms with Gasteiger partial charge in [-0.2, -0.15) is 5.10 Å². The maximum Gasteiger partial charge on any atom is 0.286 e. The standard InChI is InChI=1S/C16H20N6O2/c1-16(2,3)20-18-15(23)13-11-7-9-6-10(9)14(11)22(19-13)12-8-21(24)5-4-17-12/h4-5,8-10H,6-7H2,1-3H3,(H2-,17,18,19,20,23,24)/p+1/t9-,10-/m0/s1. The van der Waals surface area contributed by atoms with E-state index in [1.54, 1.807) is 10.9 Å². The van der Waals surface area contributed by atoms with Crippen LogP contribution in [0.15, 0.2) is 18.6 Å². The van der Waals surface area contributed by atoms with Crippen LogP contribution in [0, 0.1) is 10.8 Å². The first-order chi connectivity index (χ1) is 11.3. The minimum atomic E-state index is -0.243. The number of carbonyl (C=O) groups excluding carboxylic acids is 1. The highest BCUT2D eigenvalue weighted by molar-refractivity contribution is 5.94. The summed E-state index contributed by atoms with van der Waals surface area (Å²) in [7, 11) is 0. The van der Waals surface area contributed by atoms with Crippen LogP contribution in [0.3, 0.4) is 0 Å². The van der Waals surface area contributed by atoms with Crippen LogP contribution in [0.25, 0.3) is 5.82 Å². The molecule has 8 heteroatoms. The van der Waals surface area contributed by atoms with Crippen molar-refractivity contribution in [3.8, 4) is 5.82 Å². The van der Waals surface area contributed by atoms with Crippen LogP contribution in [-0.2, 0) is 6.42 Å². The molecular weight excluding hydrogens is 308 g/mol. The van der Waals surface area contributed by atoms with Crippen LogP contribution in [-0.4, -0.2) is 26.2 Å². The Balaban J connectivity index is 1.72. The molecule has 2 aromatic heterocycles. The summed E-state index contributed by atoms with van der Waals surface area (Å²) in [6, 6.07) is 0. The number of aromatic amines is 1. The van der Waals surface area contributed by atoms with Crippen LogP contribution in [0.5, 0.6) is 0 Å². The highest BCUT2D eigenvalue weighted by atomic mass is 16.3. The molecule has 3 N–H and O–H groups in total. The summed E-state index contributed by atoms with van der Waals surface area (Å²) >= 11 is 0. The molecule has 1 amide bonds. The van der Waals surface area contributed by atoms with E-state index in [9.17, 15) is 9.70 Å². The van der Waals surface area contributed by atoms with Crippen molar-refractivity contribution in [1.29, 1.82) is 0 Å². The van der Waals surface area contributed by atoms with E-state index in [-0.39, 0.29) is 11.4 Å². The zero-order valence-corrected chi connectivity index (χ0v) is 14.0. The fourth-order valence-electron chi connectivity index (χ4n) is 3.30. The third-order valence-corrected chi connectivity index (χ3v) is 4.46. The number of fused-ring (bicyclic) bond motifs is 3. The second kappa shape index (κ2) is 5.01. The van der Waals surface area contributed by atoms with Gasteiger partial charge >= 0.3 is 0 Å². The Hall–Kier alpha value is -2.48. The van der Waals surface area contributed by atoms with Crippen LogP contribution in [0.2, 0.25) is 0 Å². The summed E-state index contributed by atoms with van der Waals surface area (Å²) in [4.78, 5) is 27.2. The van der Waals surface area contributed by atoms with Gasteiger partial charge in [0.25, 0.3) is 12.1 Å². The van der Waals surface area contributed by atoms with E-state index in [0.29, 0.717) is 23.3 Å². The van der Waals surface area contributed by atoms with E-state index in [4.69, 9.17) is 0 Å². The molecule has 0 spiro atoms. The third-order valence-electron chi connectivity index (χ3n) is 4.46. The van der Waals surface area contributed by atoms with Crippen LogP contribution >= 0.6 is 0 Å². The lowest BCUT2D eigenvalue weighted by Gasteiger charge is -2.20. The monoisotopic (exact) mass is 329 g/mol. The number of H-pyrrole nitrogens is 1. The second-order valence-corrected chi connectivity index (χ2v) is 7.59. The molecule has 24 heavy (non-hydrogen) atoms. The number of nitrogens with zero attached hydrogens (tertiary/aromatic N) is 3. The Bertz CT molecular complexity index is 875. The predicted molar refractivity (Wildman–Crippen MR) is 86.2 cm³/mol. The Morgan fingerprint density at radius 1 is 1.46 bits per heavy atom. The van der Waals surface area contributed by atoms with Crippen molar-refractivity contribution in [3.63, 3.8) is 0 Å². The summed E-state index contributed by atoms with van der Waals surface area (Å²) < 4.78 is 2.44. The molecule has 8 nitrogen and oxygen atoms in total. The molecule has 2 atom stereocenters. The summed E-state index contributed by atoms with van der Waals surface area (Å²) in [5.41, 5.74) is 7.97. The summed E-state index contributed by atoms with van der Waals surface area (Å²) in [5, 5.41) is 4.50. The lowest BCUT2D eigenvalue weighted by molar-refractivity contribution is -0.495. The van der Waals surface area contributed by atoms with Crippen molar-refractivity contribution in [2.75, 3.05) is 0 Å². The second-order valence-electron chi connectivity index (χ2n) is 7.59. The number of hydrogen-bond donors (Lipinski definition) is 3. The van der Waals surface area contributed by atoms with E-state index in [0.717, 1.165) is 28.5 Å². The predicted octanol–water partition coefficient (Wildman–Crippen LogP) is 0.807. The molecule has 2 aromatic rings. The number of nitrogens with one attached hydrogen (secondary N) is 3. The number of aromatic nitrogens is 4. The third kappa shape index (κ3) is 2.52. The molecule has 0 saturated heterocycles. The Morgan fingerprint density at radius 2 is 2.25 bits per heavy atom. The number of hydrazine groups is 1. The van der Waals surface area contributed by atoms with Gasteiger partial charge in [-0.15, -0.1) is 0 Å². The maximum atomic E-state index is 12.6. The molecule has 0 radical (unpaired) electrons. The van der Waals surface area contributed by atoms with E-state index < -0.39 is 0 Å². The molecule has 126 valence electrons. The minimum Gasteiger partial charge on any atom is -0.336 e. The van der Waals surface area contributed by atoms with Crippen molar-refractivity contribution in [1.82, 2.24) is 25.6 Å². The minimum absolute atomic E-state index is 0.231. The van der Waals surface area contributed by atoms with Crippen LogP contribution < -0.4 is 15.3 Å². The number of rotatable bonds is 3. The highest BCUT2D eigenvalue weighted by Crippen LogP contribution is 2.57. The van der Waals surface area contributed by atoms with Crippen molar-refractivity contribution in [2.24, 2.45) is 5.92 Å². The van der Waals surface area contributed by atoms with E-state index in [2.05, 4.69) is 20.9 Å². The van der Waals surface area contributed by atoms with Crippen molar-refractivity contribution >= 4 is 5.91 Å². The fraction of sp³-hybridized carbons (Fsp3) is 0.500. The normalized spacial score (nSPS) is 21.3. The first-order valence-corrected chi connectivity index (χ1v) is 8.13. The molecule has 0 unspecified atom stereocenters. The summed E-state index contributed by atoms with van der Waals surface area (Å²) in [6.45, 7) is 5.91. The number of hydrogen-bond acceptors (Lipinski definition) is 4. The Labute approximate surface area is 138 Å². The van der Waals surface area contributed by atoms with Gasteiger partial charge in [-0.05, 0) is 39.5 Å². The van der Waals surface area contributed by atoms with Crippen LogP contribution in [0.1, 0.15) is 54.9 Å². The van der Waals surface area contributed by atoms with Crippen LogP contribution in [0.4, 0.5) is 0 Å². The van der Waals surface area contributed by atoms with Gasteiger partial charge in [-0.25, -0.2) is 10.1 Å². The zero-order valence-electron chi connectivity index (χ0n) is 14.0. The lowest BCUT2D eigenvalue weighted by Crippen LogP contribution is -2.49. The first-order valence-electron chi connectivity index (χ1n) is 8.13.